The van der Waals surface area contributed by atoms with Gasteiger partial charge in [0.2, 0.25) is 0 Å². The van der Waals surface area contributed by atoms with Crippen molar-refractivity contribution < 1.29 is 9.35 Å². The van der Waals surface area contributed by atoms with Crippen molar-refractivity contribution in [2.75, 3.05) is 11.6 Å². The van der Waals surface area contributed by atoms with Gasteiger partial charge in [-0.05, 0) is 35.4 Å². The predicted octanol–water partition coefficient (Wildman–Crippen LogP) is 0.141. The lowest BCUT2D eigenvalue weighted by atomic mass is 10.2. The second-order valence-electron chi connectivity index (χ2n) is 3.42. The largest absolute Gasteiger partial charge is 0.612 e. The molecule has 0 aliphatic carbocycles. The van der Waals surface area contributed by atoms with Crippen LogP contribution in [0.25, 0.3) is 0 Å². The maximum atomic E-state index is 11.2. The quantitative estimate of drug-likeness (QED) is 0.267. The van der Waals surface area contributed by atoms with Crippen LogP contribution in [0.5, 0.6) is 0 Å². The number of amides is 1. The summed E-state index contributed by atoms with van der Waals surface area (Å²) in [5.41, 5.74) is 10.7. The molecule has 0 aliphatic rings. The first-order valence-electron chi connectivity index (χ1n) is 4.97. The fraction of sp³-hybridized carbons (Fsp3) is 0.0909. The molecule has 6 N–H and O–H groups in total. The molecule has 0 bridgehead atoms. The molecule has 1 aromatic carbocycles. The second kappa shape index (κ2) is 6.08. The standard InChI is InChI=1S/C11H14N4O2S/c1-18(17)8-4-2-7(3-5-8)15-10(13)9(6-12)11(14)16/h2-6H,12H2,1H3,(H2,13,15)(H2,14,16)/b9-6+. The number of amidine groups is 1. The van der Waals surface area contributed by atoms with E-state index in [4.69, 9.17) is 16.9 Å². The summed E-state index contributed by atoms with van der Waals surface area (Å²) in [5, 5.41) is 10.3. The van der Waals surface area contributed by atoms with Crippen molar-refractivity contribution >= 4 is 28.6 Å². The van der Waals surface area contributed by atoms with E-state index in [0.717, 1.165) is 6.20 Å². The Balaban J connectivity index is 2.79. The van der Waals surface area contributed by atoms with Gasteiger partial charge in [0.05, 0.1) is 5.57 Å². The van der Waals surface area contributed by atoms with Crippen molar-refractivity contribution in [2.45, 2.75) is 4.90 Å². The molecule has 0 aromatic heterocycles. The first kappa shape index (κ1) is 14.1. The molecule has 0 saturated heterocycles. The zero-order chi connectivity index (χ0) is 13.7. The summed E-state index contributed by atoms with van der Waals surface area (Å²) in [6.07, 6.45) is 2.56. The van der Waals surface area contributed by atoms with Crippen molar-refractivity contribution in [1.29, 1.82) is 5.41 Å². The Morgan fingerprint density at radius 2 is 2.00 bits per heavy atom. The second-order valence-corrected chi connectivity index (χ2v) is 4.80. The molecule has 0 aliphatic heterocycles. The van der Waals surface area contributed by atoms with E-state index >= 15 is 0 Å². The van der Waals surface area contributed by atoms with Gasteiger partial charge in [-0.3, -0.25) is 10.2 Å². The number of nitrogens with two attached hydrogens (primary N) is 2. The van der Waals surface area contributed by atoms with Crippen LogP contribution in [-0.4, -0.2) is 22.6 Å². The molecule has 0 spiro atoms. The van der Waals surface area contributed by atoms with Gasteiger partial charge in [-0.2, -0.15) is 0 Å². The minimum atomic E-state index is -1.05. The van der Waals surface area contributed by atoms with E-state index in [1.54, 1.807) is 30.5 Å². The third-order valence-corrected chi connectivity index (χ3v) is 3.09. The minimum Gasteiger partial charge on any atom is -0.612 e. The molecule has 7 heteroatoms. The van der Waals surface area contributed by atoms with Gasteiger partial charge in [-0.25, -0.2) is 0 Å². The lowest BCUT2D eigenvalue weighted by Crippen LogP contribution is -2.26. The van der Waals surface area contributed by atoms with Gasteiger partial charge in [0.1, 0.15) is 12.1 Å². The number of benzene rings is 1. The van der Waals surface area contributed by atoms with Crippen molar-refractivity contribution in [3.8, 4) is 0 Å². The van der Waals surface area contributed by atoms with E-state index in [0.29, 0.717) is 10.6 Å². The summed E-state index contributed by atoms with van der Waals surface area (Å²) in [7, 11) is 0. The summed E-state index contributed by atoms with van der Waals surface area (Å²) in [6, 6.07) is 6.64. The number of primary amides is 1. The van der Waals surface area contributed by atoms with E-state index in [1.807, 2.05) is 0 Å². The highest BCUT2D eigenvalue weighted by atomic mass is 32.2. The van der Waals surface area contributed by atoms with Crippen LogP contribution >= 0.6 is 0 Å². The highest BCUT2D eigenvalue weighted by molar-refractivity contribution is 7.90. The molecular formula is C11H14N4O2S. The van der Waals surface area contributed by atoms with E-state index in [9.17, 15) is 9.35 Å². The van der Waals surface area contributed by atoms with Gasteiger partial charge in [0, 0.05) is 11.9 Å². The van der Waals surface area contributed by atoms with Crippen molar-refractivity contribution in [1.82, 2.24) is 0 Å². The van der Waals surface area contributed by atoms with Crippen LogP contribution < -0.4 is 16.8 Å². The Morgan fingerprint density at radius 1 is 1.44 bits per heavy atom. The SMILES string of the molecule is C[S+]([O-])c1ccc(NC(=N)/C(=C\N)C(N)=O)cc1. The van der Waals surface area contributed by atoms with Gasteiger partial charge < -0.3 is 21.3 Å². The number of anilines is 1. The van der Waals surface area contributed by atoms with E-state index in [-0.39, 0.29) is 11.4 Å². The van der Waals surface area contributed by atoms with Crippen LogP contribution in [0, 0.1) is 5.41 Å². The number of carbonyl (C=O) groups excluding carboxylic acids is 1. The number of nitrogens with one attached hydrogen (secondary N) is 2. The highest BCUT2D eigenvalue weighted by Crippen LogP contribution is 2.14. The predicted molar refractivity (Wildman–Crippen MR) is 71.6 cm³/mol. The minimum absolute atomic E-state index is 0.0989. The van der Waals surface area contributed by atoms with Crippen LogP contribution in [0.2, 0.25) is 0 Å². The van der Waals surface area contributed by atoms with E-state index < -0.39 is 17.1 Å². The molecule has 18 heavy (non-hydrogen) atoms. The van der Waals surface area contributed by atoms with E-state index in [1.165, 1.54) is 0 Å². The monoisotopic (exact) mass is 266 g/mol. The Bertz CT molecular complexity index is 482. The molecule has 6 nitrogen and oxygen atoms in total. The van der Waals surface area contributed by atoms with Gasteiger partial charge in [0.15, 0.2) is 4.90 Å². The van der Waals surface area contributed by atoms with Crippen molar-refractivity contribution in [3.05, 3.63) is 36.0 Å². The first-order valence-corrected chi connectivity index (χ1v) is 6.52. The number of hydrogen-bond donors (Lipinski definition) is 4. The Labute approximate surface area is 108 Å². The molecule has 1 amide bonds. The maximum Gasteiger partial charge on any atom is 0.253 e. The van der Waals surface area contributed by atoms with Gasteiger partial charge in [-0.1, -0.05) is 0 Å². The summed E-state index contributed by atoms with van der Waals surface area (Å²) in [5.74, 6) is -0.961. The third-order valence-electron chi connectivity index (χ3n) is 2.16. The zero-order valence-corrected chi connectivity index (χ0v) is 10.6. The Kier molecular flexibility index (Phi) is 4.75. The number of carbonyl (C=O) groups is 1. The Morgan fingerprint density at radius 3 is 2.39 bits per heavy atom. The Hall–Kier alpha value is -1.99. The van der Waals surface area contributed by atoms with Crippen LogP contribution in [-0.2, 0) is 16.0 Å². The van der Waals surface area contributed by atoms with Crippen LogP contribution in [0.3, 0.4) is 0 Å². The van der Waals surface area contributed by atoms with Gasteiger partial charge in [-0.15, -0.1) is 0 Å². The molecule has 0 radical (unpaired) electrons. The molecule has 96 valence electrons. The van der Waals surface area contributed by atoms with Crippen molar-refractivity contribution in [2.24, 2.45) is 11.5 Å². The first-order chi connectivity index (χ1) is 8.45. The third kappa shape index (κ3) is 3.51. The van der Waals surface area contributed by atoms with E-state index in [2.05, 4.69) is 5.32 Å². The summed E-state index contributed by atoms with van der Waals surface area (Å²) < 4.78 is 11.2. The topological polar surface area (TPSA) is 128 Å². The lowest BCUT2D eigenvalue weighted by Gasteiger charge is -2.09. The molecule has 1 unspecified atom stereocenters. The molecule has 1 rings (SSSR count). The summed E-state index contributed by atoms with van der Waals surface area (Å²) in [6.45, 7) is 0. The average Bonchev–Trinajstić information content (AvgIpc) is 2.29. The number of rotatable bonds is 4. The van der Waals surface area contributed by atoms with Crippen LogP contribution in [0.1, 0.15) is 0 Å². The fourth-order valence-electron chi connectivity index (χ4n) is 1.23. The summed E-state index contributed by atoms with van der Waals surface area (Å²) in [4.78, 5) is 11.6. The molecule has 1 aromatic rings. The molecular weight excluding hydrogens is 252 g/mol. The molecule has 0 heterocycles. The van der Waals surface area contributed by atoms with Crippen LogP contribution in [0.4, 0.5) is 5.69 Å². The summed E-state index contributed by atoms with van der Waals surface area (Å²) >= 11 is -1.05. The maximum absolute atomic E-state index is 11.2. The number of hydrogen-bond acceptors (Lipinski definition) is 4. The zero-order valence-electron chi connectivity index (χ0n) is 9.77. The normalized spacial score (nSPS) is 12.9. The highest BCUT2D eigenvalue weighted by Gasteiger charge is 2.11. The van der Waals surface area contributed by atoms with Crippen molar-refractivity contribution in [3.63, 3.8) is 0 Å². The average molecular weight is 266 g/mol. The van der Waals surface area contributed by atoms with Gasteiger partial charge >= 0.3 is 0 Å². The van der Waals surface area contributed by atoms with Gasteiger partial charge in [0.25, 0.3) is 5.91 Å². The lowest BCUT2D eigenvalue weighted by molar-refractivity contribution is -0.114. The molecule has 1 atom stereocenters. The molecule has 0 saturated carbocycles. The smallest absolute Gasteiger partial charge is 0.253 e. The molecule has 0 fully saturated rings. The fourth-order valence-corrected chi connectivity index (χ4v) is 1.75. The van der Waals surface area contributed by atoms with Crippen LogP contribution in [0.15, 0.2) is 40.9 Å².